The molecule has 0 bridgehead atoms. The van der Waals surface area contributed by atoms with Gasteiger partial charge >= 0.3 is 0 Å². The smallest absolute Gasteiger partial charge is 0.107 e. The van der Waals surface area contributed by atoms with Gasteiger partial charge < -0.3 is 15.3 Å². The van der Waals surface area contributed by atoms with Gasteiger partial charge in [-0.25, -0.2) is 4.90 Å². The van der Waals surface area contributed by atoms with Crippen LogP contribution in [-0.4, -0.2) is 51.0 Å². The van der Waals surface area contributed by atoms with Crippen LogP contribution in [0.2, 0.25) is 0 Å². The highest BCUT2D eigenvalue weighted by molar-refractivity contribution is 4.79. The number of rotatable bonds is 23. The number of hydrogen-bond donors (Lipinski definition) is 4. The third-order valence-electron chi connectivity index (χ3n) is 6.72. The average Bonchev–Trinajstić information content (AvgIpc) is 2.73. The summed E-state index contributed by atoms with van der Waals surface area (Å²) in [5, 5.41) is 33.7. The van der Waals surface area contributed by atoms with Crippen molar-refractivity contribution < 1.29 is 15.3 Å². The van der Waals surface area contributed by atoms with Crippen molar-refractivity contribution in [3.05, 3.63) is 0 Å². The van der Waals surface area contributed by atoms with Gasteiger partial charge in [-0.3, -0.25) is 5.32 Å². The van der Waals surface area contributed by atoms with E-state index in [-0.39, 0.29) is 12.2 Å². The first-order chi connectivity index (χ1) is 15.3. The Morgan fingerprint density at radius 3 is 1.28 bits per heavy atom. The summed E-state index contributed by atoms with van der Waals surface area (Å²) in [5.41, 5.74) is 0. The van der Waals surface area contributed by atoms with Crippen molar-refractivity contribution in [3.63, 3.8) is 0 Å². The minimum Gasteiger partial charge on any atom is -0.392 e. The van der Waals surface area contributed by atoms with E-state index >= 15 is 0 Å². The molecule has 0 aromatic heterocycles. The second kappa shape index (κ2) is 21.3. The summed E-state index contributed by atoms with van der Waals surface area (Å²) in [5.74, 6) is 0. The van der Waals surface area contributed by atoms with E-state index in [4.69, 9.17) is 0 Å². The maximum atomic E-state index is 10.2. The van der Waals surface area contributed by atoms with E-state index in [0.29, 0.717) is 0 Å². The van der Waals surface area contributed by atoms with Crippen molar-refractivity contribution in [2.45, 2.75) is 175 Å². The Kier molecular flexibility index (Phi) is 21.2. The molecule has 0 saturated heterocycles. The molecular weight excluding hydrogens is 400 g/mol. The van der Waals surface area contributed by atoms with Gasteiger partial charge in [0.15, 0.2) is 0 Å². The molecule has 5 unspecified atom stereocenters. The van der Waals surface area contributed by atoms with E-state index in [9.17, 15) is 15.3 Å². The van der Waals surface area contributed by atoms with Crippen molar-refractivity contribution >= 4 is 0 Å². The molecule has 0 aliphatic rings. The lowest BCUT2D eigenvalue weighted by molar-refractivity contribution is -0.121. The SMILES string of the molecule is CCCCCCCCCCCCCCCCCC(NC(CC)N(C(C)O)C(C)O)C(C)O. The van der Waals surface area contributed by atoms with Crippen LogP contribution in [0.3, 0.4) is 0 Å². The molecule has 194 valence electrons. The summed E-state index contributed by atoms with van der Waals surface area (Å²) in [4.78, 5) is 1.65. The van der Waals surface area contributed by atoms with Crippen LogP contribution in [0.15, 0.2) is 0 Å². The van der Waals surface area contributed by atoms with Crippen LogP contribution in [0.5, 0.6) is 0 Å². The third-order valence-corrected chi connectivity index (χ3v) is 6.72. The van der Waals surface area contributed by atoms with Gasteiger partial charge in [-0.1, -0.05) is 110 Å². The van der Waals surface area contributed by atoms with Crippen molar-refractivity contribution in [2.75, 3.05) is 0 Å². The Morgan fingerprint density at radius 2 is 0.969 bits per heavy atom. The van der Waals surface area contributed by atoms with Crippen LogP contribution < -0.4 is 5.32 Å². The van der Waals surface area contributed by atoms with E-state index in [1.165, 1.54) is 89.9 Å². The van der Waals surface area contributed by atoms with Gasteiger partial charge in [0, 0.05) is 6.04 Å². The molecule has 0 aromatic rings. The summed E-state index contributed by atoms with van der Waals surface area (Å²) in [6.45, 7) is 9.47. The van der Waals surface area contributed by atoms with E-state index in [1.54, 1.807) is 18.7 Å². The lowest BCUT2D eigenvalue weighted by Gasteiger charge is -2.39. The van der Waals surface area contributed by atoms with Gasteiger partial charge in [0.05, 0.1) is 12.3 Å². The van der Waals surface area contributed by atoms with Crippen LogP contribution in [0.25, 0.3) is 0 Å². The second-order valence-electron chi connectivity index (χ2n) is 9.89. The molecule has 0 amide bonds. The standard InChI is InChI=1S/C27H58N2O3/c1-6-8-9-10-11-12-13-14-15-16-17-18-19-20-21-22-26(23(3)30)28-27(7-2)29(24(4)31)25(5)32/h23-28,30-32H,6-22H2,1-5H3. The minimum absolute atomic E-state index is 0.0260. The molecule has 0 rings (SSSR count). The highest BCUT2D eigenvalue weighted by atomic mass is 16.3. The molecule has 5 atom stereocenters. The first kappa shape index (κ1) is 31.8. The number of hydrogen-bond acceptors (Lipinski definition) is 5. The second-order valence-corrected chi connectivity index (χ2v) is 9.89. The third kappa shape index (κ3) is 16.4. The van der Waals surface area contributed by atoms with E-state index < -0.39 is 18.6 Å². The first-order valence-corrected chi connectivity index (χ1v) is 13.9. The molecule has 0 aliphatic heterocycles. The quantitative estimate of drug-likeness (QED) is 0.107. The Balaban J connectivity index is 3.86. The fourth-order valence-electron chi connectivity index (χ4n) is 4.69. The molecule has 4 N–H and O–H groups in total. The lowest BCUT2D eigenvalue weighted by atomic mass is 10.0. The molecule has 0 radical (unpaired) electrons. The van der Waals surface area contributed by atoms with Gasteiger partial charge in [-0.2, -0.15) is 0 Å². The van der Waals surface area contributed by atoms with Gasteiger partial charge in [0.25, 0.3) is 0 Å². The zero-order chi connectivity index (χ0) is 24.2. The maximum Gasteiger partial charge on any atom is 0.107 e. The van der Waals surface area contributed by atoms with Gasteiger partial charge in [0.2, 0.25) is 0 Å². The fraction of sp³-hybridized carbons (Fsp3) is 1.00. The molecule has 0 heterocycles. The summed E-state index contributed by atoms with van der Waals surface area (Å²) < 4.78 is 0. The highest BCUT2D eigenvalue weighted by Crippen LogP contribution is 2.16. The van der Waals surface area contributed by atoms with Gasteiger partial charge in [0.1, 0.15) is 12.5 Å². The summed E-state index contributed by atoms with van der Waals surface area (Å²) >= 11 is 0. The van der Waals surface area contributed by atoms with Crippen LogP contribution in [0, 0.1) is 0 Å². The lowest BCUT2D eigenvalue weighted by Crippen LogP contribution is -2.57. The van der Waals surface area contributed by atoms with Crippen molar-refractivity contribution in [3.8, 4) is 0 Å². The Morgan fingerprint density at radius 1 is 0.594 bits per heavy atom. The zero-order valence-corrected chi connectivity index (χ0v) is 22.2. The van der Waals surface area contributed by atoms with E-state index in [2.05, 4.69) is 12.2 Å². The molecule has 0 fully saturated rings. The summed E-state index contributed by atoms with van der Waals surface area (Å²) in [6, 6.07) is -0.0260. The monoisotopic (exact) mass is 458 g/mol. The first-order valence-electron chi connectivity index (χ1n) is 13.9. The summed E-state index contributed by atoms with van der Waals surface area (Å²) in [6.07, 6.45) is 19.8. The Labute approximate surface area is 200 Å². The van der Waals surface area contributed by atoms with Crippen LogP contribution in [0.1, 0.15) is 144 Å². The molecular formula is C27H58N2O3. The van der Waals surface area contributed by atoms with Crippen molar-refractivity contribution in [1.29, 1.82) is 0 Å². The fourth-order valence-corrected chi connectivity index (χ4v) is 4.69. The van der Waals surface area contributed by atoms with E-state index in [1.807, 2.05) is 13.8 Å². The number of aliphatic hydroxyl groups is 3. The van der Waals surface area contributed by atoms with Gasteiger partial charge in [-0.15, -0.1) is 0 Å². The largest absolute Gasteiger partial charge is 0.392 e. The van der Waals surface area contributed by atoms with Crippen molar-refractivity contribution in [1.82, 2.24) is 10.2 Å². The number of aliphatic hydroxyl groups excluding tert-OH is 3. The number of unbranched alkanes of at least 4 members (excludes halogenated alkanes) is 14. The molecule has 0 spiro atoms. The highest BCUT2D eigenvalue weighted by Gasteiger charge is 2.28. The molecule has 32 heavy (non-hydrogen) atoms. The molecule has 5 heteroatoms. The Bertz CT molecular complexity index is 383. The molecule has 0 aromatic carbocycles. The minimum atomic E-state index is -0.743. The van der Waals surface area contributed by atoms with Crippen LogP contribution in [-0.2, 0) is 0 Å². The summed E-state index contributed by atoms with van der Waals surface area (Å²) in [7, 11) is 0. The molecule has 0 aliphatic carbocycles. The normalized spacial score (nSPS) is 16.8. The number of nitrogens with zero attached hydrogens (tertiary/aromatic N) is 1. The topological polar surface area (TPSA) is 76.0 Å². The molecule has 5 nitrogen and oxygen atoms in total. The van der Waals surface area contributed by atoms with E-state index in [0.717, 1.165) is 19.3 Å². The Hall–Kier alpha value is -0.200. The van der Waals surface area contributed by atoms with Crippen LogP contribution >= 0.6 is 0 Å². The zero-order valence-electron chi connectivity index (χ0n) is 22.2. The predicted octanol–water partition coefficient (Wildman–Crippen LogP) is 6.30. The number of nitrogens with one attached hydrogen (secondary N) is 1. The average molecular weight is 459 g/mol. The predicted molar refractivity (Wildman–Crippen MR) is 137 cm³/mol. The van der Waals surface area contributed by atoms with Crippen LogP contribution in [0.4, 0.5) is 0 Å². The maximum absolute atomic E-state index is 10.2. The van der Waals surface area contributed by atoms with Gasteiger partial charge in [-0.05, 0) is 33.6 Å². The van der Waals surface area contributed by atoms with Crippen molar-refractivity contribution in [2.24, 2.45) is 0 Å². The molecule has 0 saturated carbocycles.